The number of anilines is 1. The Hall–Kier alpha value is -1.28. The number of carbonyl (C=O) groups is 1. The highest BCUT2D eigenvalue weighted by molar-refractivity contribution is 7.14. The van der Waals surface area contributed by atoms with Crippen LogP contribution < -0.4 is 5.73 Å². The van der Waals surface area contributed by atoms with E-state index in [4.69, 9.17) is 10.5 Å². The fourth-order valence-corrected chi connectivity index (χ4v) is 2.02. The van der Waals surface area contributed by atoms with Crippen LogP contribution in [0.1, 0.15) is 21.0 Å². The van der Waals surface area contributed by atoms with Crippen LogP contribution in [0, 0.1) is 6.92 Å². The van der Waals surface area contributed by atoms with Gasteiger partial charge in [-0.2, -0.15) is 13.2 Å². The third-order valence-corrected chi connectivity index (χ3v) is 3.14. The van der Waals surface area contributed by atoms with Crippen molar-refractivity contribution in [3.8, 4) is 0 Å². The predicted molar refractivity (Wildman–Crippen MR) is 65.2 cm³/mol. The largest absolute Gasteiger partial charge is 0.461 e. The van der Waals surface area contributed by atoms with Crippen LogP contribution in [0.25, 0.3) is 0 Å². The summed E-state index contributed by atoms with van der Waals surface area (Å²) in [6, 6.07) is 1.52. The number of halogens is 3. The summed E-state index contributed by atoms with van der Waals surface area (Å²) < 4.78 is 44.5. The average Bonchev–Trinajstić information content (AvgIpc) is 2.62. The molecule has 108 valence electrons. The molecule has 0 bridgehead atoms. The number of nitrogen functional groups attached to an aromatic ring is 1. The number of thiophene rings is 1. The molecule has 0 amide bonds. The topological polar surface area (TPSA) is 61.5 Å². The Kier molecular flexibility index (Phi) is 5.61. The fraction of sp³-hybridized carbons (Fsp3) is 0.545. The van der Waals surface area contributed by atoms with E-state index in [1.165, 1.54) is 17.4 Å². The lowest BCUT2D eigenvalue weighted by molar-refractivity contribution is -0.174. The SMILES string of the molecule is Cc1sc(C(=O)OCCCOCC(F)(F)F)cc1N. The Morgan fingerprint density at radius 2 is 2.11 bits per heavy atom. The van der Waals surface area contributed by atoms with E-state index < -0.39 is 18.8 Å². The molecule has 0 atom stereocenters. The van der Waals surface area contributed by atoms with Gasteiger partial charge in [0.1, 0.15) is 11.5 Å². The van der Waals surface area contributed by atoms with E-state index >= 15 is 0 Å². The minimum absolute atomic E-state index is 0.00748. The second-order valence-electron chi connectivity index (χ2n) is 3.78. The summed E-state index contributed by atoms with van der Waals surface area (Å²) in [6.07, 6.45) is -4.12. The van der Waals surface area contributed by atoms with Crippen LogP contribution in [-0.2, 0) is 9.47 Å². The molecule has 0 unspecified atom stereocenters. The van der Waals surface area contributed by atoms with Gasteiger partial charge >= 0.3 is 12.1 Å². The lowest BCUT2D eigenvalue weighted by atomic mass is 10.4. The maximum absolute atomic E-state index is 11.7. The molecule has 0 aliphatic heterocycles. The highest BCUT2D eigenvalue weighted by Gasteiger charge is 2.27. The number of rotatable bonds is 6. The molecule has 1 rings (SSSR count). The molecule has 19 heavy (non-hydrogen) atoms. The summed E-state index contributed by atoms with van der Waals surface area (Å²) >= 11 is 1.21. The molecule has 0 fully saturated rings. The summed E-state index contributed by atoms with van der Waals surface area (Å²) in [5.41, 5.74) is 6.11. The van der Waals surface area contributed by atoms with Gasteiger partial charge in [0.25, 0.3) is 0 Å². The minimum atomic E-state index is -4.33. The van der Waals surface area contributed by atoms with Crippen LogP contribution in [0.3, 0.4) is 0 Å². The summed E-state index contributed by atoms with van der Waals surface area (Å²) in [5.74, 6) is -0.527. The van der Waals surface area contributed by atoms with Gasteiger partial charge in [-0.05, 0) is 13.0 Å². The van der Waals surface area contributed by atoms with Gasteiger partial charge in [-0.1, -0.05) is 0 Å². The lowest BCUT2D eigenvalue weighted by Crippen LogP contribution is -2.18. The van der Waals surface area contributed by atoms with E-state index in [2.05, 4.69) is 4.74 Å². The molecule has 0 spiro atoms. The van der Waals surface area contributed by atoms with Crippen molar-refractivity contribution >= 4 is 23.0 Å². The first-order chi connectivity index (χ1) is 8.79. The first kappa shape index (κ1) is 15.8. The maximum atomic E-state index is 11.7. The van der Waals surface area contributed by atoms with Crippen molar-refractivity contribution in [2.75, 3.05) is 25.6 Å². The molecule has 8 heteroatoms. The van der Waals surface area contributed by atoms with Crippen LogP contribution in [0.15, 0.2) is 6.07 Å². The zero-order valence-corrected chi connectivity index (χ0v) is 11.1. The third kappa shape index (κ3) is 5.93. The molecular weight excluding hydrogens is 283 g/mol. The van der Waals surface area contributed by atoms with Gasteiger partial charge in [-0.25, -0.2) is 4.79 Å². The second kappa shape index (κ2) is 6.76. The standard InChI is InChI=1S/C11H14F3NO3S/c1-7-8(15)5-9(19-7)10(16)18-4-2-3-17-6-11(12,13)14/h5H,2-4,6,15H2,1H3. The summed E-state index contributed by atoms with van der Waals surface area (Å²) in [6.45, 7) is 0.384. The number of carbonyl (C=O) groups excluding carboxylic acids is 1. The Morgan fingerprint density at radius 3 is 2.63 bits per heavy atom. The molecule has 0 aliphatic rings. The molecule has 2 N–H and O–H groups in total. The Labute approximate surface area is 112 Å². The summed E-state index contributed by atoms with van der Waals surface area (Å²) in [7, 11) is 0. The molecule has 1 heterocycles. The Balaban J connectivity index is 2.18. The highest BCUT2D eigenvalue weighted by atomic mass is 32.1. The van der Waals surface area contributed by atoms with Crippen molar-refractivity contribution in [2.24, 2.45) is 0 Å². The van der Waals surface area contributed by atoms with Gasteiger partial charge in [0.15, 0.2) is 0 Å². The van der Waals surface area contributed by atoms with Crippen molar-refractivity contribution in [1.82, 2.24) is 0 Å². The smallest absolute Gasteiger partial charge is 0.411 e. The third-order valence-electron chi connectivity index (χ3n) is 2.09. The van der Waals surface area contributed by atoms with Crippen LogP contribution in [-0.4, -0.2) is 32.0 Å². The molecular formula is C11H14F3NO3S. The first-order valence-electron chi connectivity index (χ1n) is 5.47. The average molecular weight is 297 g/mol. The van der Waals surface area contributed by atoms with Crippen LogP contribution >= 0.6 is 11.3 Å². The van der Waals surface area contributed by atoms with Crippen molar-refractivity contribution < 1.29 is 27.4 Å². The number of aryl methyl sites for hydroxylation is 1. The molecule has 4 nitrogen and oxygen atoms in total. The molecule has 1 aromatic rings. The Bertz CT molecular complexity index is 412. The predicted octanol–water partition coefficient (Wildman–Crippen LogP) is 2.76. The van der Waals surface area contributed by atoms with E-state index in [0.717, 1.165) is 4.88 Å². The normalized spacial score (nSPS) is 11.6. The number of hydrogen-bond donors (Lipinski definition) is 1. The Morgan fingerprint density at radius 1 is 1.42 bits per heavy atom. The number of ether oxygens (including phenoxy) is 2. The van der Waals surface area contributed by atoms with E-state index in [1.54, 1.807) is 6.92 Å². The zero-order chi connectivity index (χ0) is 14.5. The van der Waals surface area contributed by atoms with E-state index in [1.807, 2.05) is 0 Å². The lowest BCUT2D eigenvalue weighted by Gasteiger charge is -2.07. The van der Waals surface area contributed by atoms with Crippen LogP contribution in [0.4, 0.5) is 18.9 Å². The summed E-state index contributed by atoms with van der Waals surface area (Å²) in [4.78, 5) is 12.7. The monoisotopic (exact) mass is 297 g/mol. The van der Waals surface area contributed by atoms with E-state index in [-0.39, 0.29) is 19.6 Å². The fourth-order valence-electron chi connectivity index (χ4n) is 1.18. The van der Waals surface area contributed by atoms with Gasteiger partial charge < -0.3 is 15.2 Å². The van der Waals surface area contributed by atoms with Crippen molar-refractivity contribution in [3.63, 3.8) is 0 Å². The number of hydrogen-bond acceptors (Lipinski definition) is 5. The van der Waals surface area contributed by atoms with Gasteiger partial charge in [0.05, 0.1) is 13.2 Å². The molecule has 0 aliphatic carbocycles. The zero-order valence-electron chi connectivity index (χ0n) is 10.3. The van der Waals surface area contributed by atoms with Crippen molar-refractivity contribution in [3.05, 3.63) is 15.8 Å². The van der Waals surface area contributed by atoms with Crippen molar-refractivity contribution in [2.45, 2.75) is 19.5 Å². The number of nitrogens with two attached hydrogens (primary N) is 1. The molecule has 0 radical (unpaired) electrons. The minimum Gasteiger partial charge on any atom is -0.461 e. The number of esters is 1. The molecule has 1 aromatic heterocycles. The molecule has 0 saturated heterocycles. The van der Waals surface area contributed by atoms with Gasteiger partial charge in [-0.15, -0.1) is 11.3 Å². The van der Waals surface area contributed by atoms with Gasteiger partial charge in [0, 0.05) is 17.0 Å². The van der Waals surface area contributed by atoms with Gasteiger partial charge in [-0.3, -0.25) is 0 Å². The maximum Gasteiger partial charge on any atom is 0.411 e. The highest BCUT2D eigenvalue weighted by Crippen LogP contribution is 2.23. The van der Waals surface area contributed by atoms with E-state index in [0.29, 0.717) is 10.6 Å². The molecule has 0 aromatic carbocycles. The first-order valence-corrected chi connectivity index (χ1v) is 6.29. The quantitative estimate of drug-likeness (QED) is 0.648. The van der Waals surface area contributed by atoms with E-state index in [9.17, 15) is 18.0 Å². The van der Waals surface area contributed by atoms with Crippen LogP contribution in [0.5, 0.6) is 0 Å². The summed E-state index contributed by atoms with van der Waals surface area (Å²) in [5, 5.41) is 0. The molecule has 0 saturated carbocycles. The van der Waals surface area contributed by atoms with Crippen LogP contribution in [0.2, 0.25) is 0 Å². The van der Waals surface area contributed by atoms with Gasteiger partial charge in [0.2, 0.25) is 0 Å². The second-order valence-corrected chi connectivity index (χ2v) is 5.04. The number of alkyl halides is 3. The van der Waals surface area contributed by atoms with Crippen molar-refractivity contribution in [1.29, 1.82) is 0 Å².